The van der Waals surface area contributed by atoms with Gasteiger partial charge in [0.05, 0.1) is 7.11 Å². The molecule has 0 aromatic heterocycles. The molecule has 0 aliphatic carbocycles. The first-order valence-corrected chi connectivity index (χ1v) is 12.2. The Morgan fingerprint density at radius 2 is 1.57 bits per heavy atom. The van der Waals surface area contributed by atoms with Crippen LogP contribution in [0.2, 0.25) is 0 Å². The van der Waals surface area contributed by atoms with Crippen molar-refractivity contribution in [3.05, 3.63) is 84.4 Å². The van der Waals surface area contributed by atoms with Gasteiger partial charge in [0.1, 0.15) is 5.75 Å². The van der Waals surface area contributed by atoms with Gasteiger partial charge in [-0.15, -0.1) is 0 Å². The van der Waals surface area contributed by atoms with Gasteiger partial charge in [0, 0.05) is 57.3 Å². The van der Waals surface area contributed by atoms with Crippen LogP contribution in [0.3, 0.4) is 0 Å². The average Bonchev–Trinajstić information content (AvgIpc) is 2.90. The maximum Gasteiger partial charge on any atom is 0.224 e. The standard InChI is InChI=1S/C29H33N3O3/c1-35-27-13-6-12-26(21-27)30-28(33)14-7-15-29(34)32-18-16-31(17-19-32)22-23-8-5-11-25(20-23)24-9-3-2-4-10-24/h2-6,8-13,20-21H,7,14-19,22H2,1H3,(H,30,33). The summed E-state index contributed by atoms with van der Waals surface area (Å²) in [5.74, 6) is 0.736. The van der Waals surface area contributed by atoms with E-state index < -0.39 is 0 Å². The minimum Gasteiger partial charge on any atom is -0.497 e. The Balaban J connectivity index is 1.18. The first-order chi connectivity index (χ1) is 17.1. The lowest BCUT2D eigenvalue weighted by atomic mass is 10.0. The fraction of sp³-hybridized carbons (Fsp3) is 0.310. The largest absolute Gasteiger partial charge is 0.497 e. The SMILES string of the molecule is COc1cccc(NC(=O)CCCC(=O)N2CCN(Cc3cccc(-c4ccccc4)c3)CC2)c1. The number of carbonyl (C=O) groups is 2. The van der Waals surface area contributed by atoms with Crippen LogP contribution in [0.15, 0.2) is 78.9 Å². The zero-order valence-corrected chi connectivity index (χ0v) is 20.3. The summed E-state index contributed by atoms with van der Waals surface area (Å²) in [7, 11) is 1.59. The molecule has 4 rings (SSSR count). The van der Waals surface area contributed by atoms with Crippen LogP contribution in [-0.4, -0.2) is 54.9 Å². The molecule has 3 aromatic rings. The summed E-state index contributed by atoms with van der Waals surface area (Å²) < 4.78 is 5.18. The number of amides is 2. The minimum absolute atomic E-state index is 0.0893. The maximum atomic E-state index is 12.6. The molecule has 1 aliphatic heterocycles. The molecular weight excluding hydrogens is 438 g/mol. The van der Waals surface area contributed by atoms with Gasteiger partial charge in [-0.2, -0.15) is 0 Å². The van der Waals surface area contributed by atoms with Crippen LogP contribution >= 0.6 is 0 Å². The maximum absolute atomic E-state index is 12.6. The van der Waals surface area contributed by atoms with Gasteiger partial charge >= 0.3 is 0 Å². The quantitative estimate of drug-likeness (QED) is 0.486. The Kier molecular flexibility index (Phi) is 8.52. The van der Waals surface area contributed by atoms with Crippen LogP contribution in [0.1, 0.15) is 24.8 Å². The Morgan fingerprint density at radius 1 is 0.829 bits per heavy atom. The van der Waals surface area contributed by atoms with E-state index >= 15 is 0 Å². The third-order valence-corrected chi connectivity index (χ3v) is 6.31. The van der Waals surface area contributed by atoms with Crippen LogP contribution in [0, 0.1) is 0 Å². The molecule has 6 nitrogen and oxygen atoms in total. The Hall–Kier alpha value is -3.64. The Morgan fingerprint density at radius 3 is 2.34 bits per heavy atom. The molecule has 0 spiro atoms. The number of nitrogens with one attached hydrogen (secondary N) is 1. The van der Waals surface area contributed by atoms with E-state index in [1.165, 1.54) is 16.7 Å². The van der Waals surface area contributed by atoms with Crippen molar-refractivity contribution in [2.45, 2.75) is 25.8 Å². The Bertz CT molecular complexity index is 1120. The highest BCUT2D eigenvalue weighted by atomic mass is 16.5. The van der Waals surface area contributed by atoms with E-state index in [1.54, 1.807) is 13.2 Å². The van der Waals surface area contributed by atoms with Crippen molar-refractivity contribution in [1.82, 2.24) is 9.80 Å². The minimum atomic E-state index is -0.0893. The third-order valence-electron chi connectivity index (χ3n) is 6.31. The van der Waals surface area contributed by atoms with Crippen molar-refractivity contribution in [2.24, 2.45) is 0 Å². The van der Waals surface area contributed by atoms with Gasteiger partial charge in [-0.05, 0) is 41.3 Å². The van der Waals surface area contributed by atoms with Crippen molar-refractivity contribution >= 4 is 17.5 Å². The lowest BCUT2D eigenvalue weighted by Crippen LogP contribution is -2.48. The molecule has 1 aliphatic rings. The van der Waals surface area contributed by atoms with Gasteiger partial charge < -0.3 is 15.0 Å². The topological polar surface area (TPSA) is 61.9 Å². The van der Waals surface area contributed by atoms with Crippen LogP contribution in [-0.2, 0) is 16.1 Å². The highest BCUT2D eigenvalue weighted by Crippen LogP contribution is 2.21. The molecule has 6 heteroatoms. The second kappa shape index (κ2) is 12.2. The van der Waals surface area contributed by atoms with E-state index in [4.69, 9.17) is 4.74 Å². The monoisotopic (exact) mass is 471 g/mol. The molecule has 1 saturated heterocycles. The fourth-order valence-corrected chi connectivity index (χ4v) is 4.38. The zero-order chi connectivity index (χ0) is 24.5. The summed E-state index contributed by atoms with van der Waals surface area (Å²) in [5, 5.41) is 2.86. The van der Waals surface area contributed by atoms with E-state index in [0.29, 0.717) is 30.7 Å². The first kappa shape index (κ1) is 24.5. The molecule has 0 saturated carbocycles. The van der Waals surface area contributed by atoms with Crippen molar-refractivity contribution < 1.29 is 14.3 Å². The van der Waals surface area contributed by atoms with Gasteiger partial charge in [-0.3, -0.25) is 14.5 Å². The number of methoxy groups -OCH3 is 1. The van der Waals surface area contributed by atoms with Gasteiger partial charge in [-0.1, -0.05) is 54.6 Å². The highest BCUT2D eigenvalue weighted by molar-refractivity contribution is 5.91. The number of anilines is 1. The van der Waals surface area contributed by atoms with Gasteiger partial charge in [-0.25, -0.2) is 0 Å². The highest BCUT2D eigenvalue weighted by Gasteiger charge is 2.21. The predicted molar refractivity (Wildman–Crippen MR) is 139 cm³/mol. The lowest BCUT2D eigenvalue weighted by Gasteiger charge is -2.35. The second-order valence-corrected chi connectivity index (χ2v) is 8.86. The summed E-state index contributed by atoms with van der Waals surface area (Å²) in [5.41, 5.74) is 4.44. The molecule has 1 N–H and O–H groups in total. The van der Waals surface area contributed by atoms with E-state index in [-0.39, 0.29) is 11.8 Å². The van der Waals surface area contributed by atoms with Crippen molar-refractivity contribution in [3.8, 4) is 16.9 Å². The molecular formula is C29H33N3O3. The van der Waals surface area contributed by atoms with E-state index in [9.17, 15) is 9.59 Å². The van der Waals surface area contributed by atoms with E-state index in [2.05, 4.69) is 58.7 Å². The number of hydrogen-bond acceptors (Lipinski definition) is 4. The van der Waals surface area contributed by atoms with Gasteiger partial charge in [0.2, 0.25) is 11.8 Å². The van der Waals surface area contributed by atoms with Crippen molar-refractivity contribution in [2.75, 3.05) is 38.6 Å². The number of rotatable bonds is 9. The molecule has 3 aromatic carbocycles. The summed E-state index contributed by atoms with van der Waals surface area (Å²) >= 11 is 0. The van der Waals surface area contributed by atoms with E-state index in [1.807, 2.05) is 29.2 Å². The normalized spacial score (nSPS) is 13.9. The van der Waals surface area contributed by atoms with Crippen LogP contribution in [0.4, 0.5) is 5.69 Å². The summed E-state index contributed by atoms with van der Waals surface area (Å²) in [6.45, 7) is 4.06. The fourth-order valence-electron chi connectivity index (χ4n) is 4.38. The van der Waals surface area contributed by atoms with Crippen LogP contribution < -0.4 is 10.1 Å². The number of hydrogen-bond donors (Lipinski definition) is 1. The molecule has 2 amide bonds. The lowest BCUT2D eigenvalue weighted by molar-refractivity contribution is -0.133. The number of benzene rings is 3. The molecule has 0 unspecified atom stereocenters. The van der Waals surface area contributed by atoms with Crippen molar-refractivity contribution in [1.29, 1.82) is 0 Å². The van der Waals surface area contributed by atoms with Crippen LogP contribution in [0.25, 0.3) is 11.1 Å². The first-order valence-electron chi connectivity index (χ1n) is 12.2. The number of ether oxygens (including phenoxy) is 1. The molecule has 1 heterocycles. The molecule has 182 valence electrons. The van der Waals surface area contributed by atoms with Crippen molar-refractivity contribution in [3.63, 3.8) is 0 Å². The van der Waals surface area contributed by atoms with Crippen LogP contribution in [0.5, 0.6) is 5.75 Å². The van der Waals surface area contributed by atoms with Gasteiger partial charge in [0.25, 0.3) is 0 Å². The molecule has 0 atom stereocenters. The zero-order valence-electron chi connectivity index (χ0n) is 20.3. The molecule has 1 fully saturated rings. The summed E-state index contributed by atoms with van der Waals surface area (Å²) in [6, 6.07) is 26.4. The Labute approximate surface area is 207 Å². The summed E-state index contributed by atoms with van der Waals surface area (Å²) in [6.07, 6.45) is 1.26. The molecule has 0 radical (unpaired) electrons. The molecule has 35 heavy (non-hydrogen) atoms. The number of carbonyl (C=O) groups excluding carboxylic acids is 2. The number of nitrogens with zero attached hydrogens (tertiary/aromatic N) is 2. The number of piperazine rings is 1. The average molecular weight is 472 g/mol. The van der Waals surface area contributed by atoms with E-state index in [0.717, 1.165) is 32.7 Å². The third kappa shape index (κ3) is 7.17. The molecule has 0 bridgehead atoms. The summed E-state index contributed by atoms with van der Waals surface area (Å²) in [4.78, 5) is 29.2. The van der Waals surface area contributed by atoms with Gasteiger partial charge in [0.15, 0.2) is 0 Å². The second-order valence-electron chi connectivity index (χ2n) is 8.86. The predicted octanol–water partition coefficient (Wildman–Crippen LogP) is 4.82. The smallest absolute Gasteiger partial charge is 0.224 e.